The fraction of sp³-hybridized carbons (Fsp3) is 0.462. The number of carboxylic acid groups (broad SMARTS) is 1. The number of nitro groups is 1. The number of carbonyl (C=O) groups is 1. The van der Waals surface area contributed by atoms with Crippen LogP contribution in [0.2, 0.25) is 0 Å². The SMILES string of the molecule is CC(C)N(CCCC(=O)O)c1cc(F)cc(F)c1[N+](=O)[O-]. The predicted molar refractivity (Wildman–Crippen MR) is 72.4 cm³/mol. The van der Waals surface area contributed by atoms with Gasteiger partial charge in [-0.15, -0.1) is 0 Å². The lowest BCUT2D eigenvalue weighted by Crippen LogP contribution is -2.33. The summed E-state index contributed by atoms with van der Waals surface area (Å²) in [5.41, 5.74) is -0.988. The van der Waals surface area contributed by atoms with Crippen LogP contribution in [0.5, 0.6) is 0 Å². The lowest BCUT2D eigenvalue weighted by atomic mass is 10.1. The molecule has 1 aromatic carbocycles. The van der Waals surface area contributed by atoms with E-state index in [1.165, 1.54) is 4.90 Å². The van der Waals surface area contributed by atoms with E-state index >= 15 is 0 Å². The fourth-order valence-electron chi connectivity index (χ4n) is 2.01. The molecule has 0 saturated carbocycles. The second-order valence-corrected chi connectivity index (χ2v) is 4.80. The molecule has 8 heteroatoms. The van der Waals surface area contributed by atoms with E-state index in [1.807, 2.05) is 0 Å². The molecule has 0 aliphatic carbocycles. The first kappa shape index (κ1) is 16.8. The van der Waals surface area contributed by atoms with Crippen molar-refractivity contribution in [1.82, 2.24) is 0 Å². The van der Waals surface area contributed by atoms with Gasteiger partial charge in [-0.05, 0) is 20.3 Å². The number of aliphatic carboxylic acids is 1. The van der Waals surface area contributed by atoms with Crippen LogP contribution in [0.25, 0.3) is 0 Å². The van der Waals surface area contributed by atoms with Gasteiger partial charge in [0.05, 0.1) is 4.92 Å². The maximum atomic E-state index is 13.6. The molecule has 0 aliphatic rings. The molecule has 0 amide bonds. The van der Waals surface area contributed by atoms with E-state index in [0.717, 1.165) is 6.07 Å². The van der Waals surface area contributed by atoms with Crippen molar-refractivity contribution in [3.8, 4) is 0 Å². The molecule has 1 aromatic rings. The van der Waals surface area contributed by atoms with Gasteiger partial charge in [0.25, 0.3) is 0 Å². The summed E-state index contributed by atoms with van der Waals surface area (Å²) >= 11 is 0. The third-order valence-corrected chi connectivity index (χ3v) is 2.91. The molecule has 0 radical (unpaired) electrons. The van der Waals surface area contributed by atoms with E-state index in [4.69, 9.17) is 5.11 Å². The summed E-state index contributed by atoms with van der Waals surface area (Å²) in [5.74, 6) is -3.17. The molecular formula is C13H16F2N2O4. The van der Waals surface area contributed by atoms with Gasteiger partial charge in [0.1, 0.15) is 11.5 Å². The molecule has 0 spiro atoms. The van der Waals surface area contributed by atoms with Crippen molar-refractivity contribution in [1.29, 1.82) is 0 Å². The summed E-state index contributed by atoms with van der Waals surface area (Å²) in [4.78, 5) is 22.0. The van der Waals surface area contributed by atoms with Gasteiger partial charge >= 0.3 is 11.7 Å². The smallest absolute Gasteiger partial charge is 0.328 e. The van der Waals surface area contributed by atoms with Crippen molar-refractivity contribution in [2.24, 2.45) is 0 Å². The quantitative estimate of drug-likeness (QED) is 0.618. The number of rotatable bonds is 7. The monoisotopic (exact) mass is 302 g/mol. The molecule has 21 heavy (non-hydrogen) atoms. The normalized spacial score (nSPS) is 10.7. The molecule has 0 atom stereocenters. The minimum Gasteiger partial charge on any atom is -0.481 e. The first-order valence-corrected chi connectivity index (χ1v) is 6.36. The van der Waals surface area contributed by atoms with Crippen LogP contribution in [-0.2, 0) is 4.79 Å². The minimum atomic E-state index is -1.25. The highest BCUT2D eigenvalue weighted by molar-refractivity contribution is 5.67. The van der Waals surface area contributed by atoms with E-state index in [0.29, 0.717) is 6.07 Å². The summed E-state index contributed by atoms with van der Waals surface area (Å²) in [5, 5.41) is 19.6. The molecular weight excluding hydrogens is 286 g/mol. The Morgan fingerprint density at radius 1 is 1.43 bits per heavy atom. The van der Waals surface area contributed by atoms with Gasteiger partial charge in [-0.25, -0.2) is 4.39 Å². The second-order valence-electron chi connectivity index (χ2n) is 4.80. The molecule has 0 aromatic heterocycles. The third-order valence-electron chi connectivity index (χ3n) is 2.91. The largest absolute Gasteiger partial charge is 0.481 e. The summed E-state index contributed by atoms with van der Waals surface area (Å²) in [7, 11) is 0. The Morgan fingerprint density at radius 3 is 2.52 bits per heavy atom. The third kappa shape index (κ3) is 4.37. The van der Waals surface area contributed by atoms with Gasteiger partial charge < -0.3 is 10.0 Å². The Bertz CT molecular complexity index is 549. The van der Waals surface area contributed by atoms with Crippen LogP contribution in [0.3, 0.4) is 0 Å². The van der Waals surface area contributed by atoms with Crippen LogP contribution < -0.4 is 4.90 Å². The Morgan fingerprint density at radius 2 is 2.05 bits per heavy atom. The summed E-state index contributed by atoms with van der Waals surface area (Å²) in [6.07, 6.45) is 0.0810. The molecule has 6 nitrogen and oxygen atoms in total. The second kappa shape index (κ2) is 6.96. The molecule has 116 valence electrons. The number of halogens is 2. The molecule has 0 aliphatic heterocycles. The lowest BCUT2D eigenvalue weighted by molar-refractivity contribution is -0.386. The Balaban J connectivity index is 3.18. The number of nitro benzene ring substituents is 1. The summed E-state index contributed by atoms with van der Waals surface area (Å²) in [6, 6.07) is 1.07. The molecule has 0 heterocycles. The van der Waals surface area contributed by atoms with Gasteiger partial charge in [-0.3, -0.25) is 14.9 Å². The van der Waals surface area contributed by atoms with Crippen LogP contribution in [0, 0.1) is 21.7 Å². The van der Waals surface area contributed by atoms with Crippen molar-refractivity contribution in [3.63, 3.8) is 0 Å². The van der Waals surface area contributed by atoms with Gasteiger partial charge in [-0.1, -0.05) is 0 Å². The zero-order chi connectivity index (χ0) is 16.2. The zero-order valence-corrected chi connectivity index (χ0v) is 11.7. The average molecular weight is 302 g/mol. The highest BCUT2D eigenvalue weighted by atomic mass is 19.1. The van der Waals surface area contributed by atoms with E-state index in [9.17, 15) is 23.7 Å². The van der Waals surface area contributed by atoms with Gasteiger partial charge in [0.2, 0.25) is 5.82 Å². The Hall–Kier alpha value is -2.25. The van der Waals surface area contributed by atoms with E-state index in [2.05, 4.69) is 0 Å². The van der Waals surface area contributed by atoms with Crippen LogP contribution in [0.4, 0.5) is 20.2 Å². The molecule has 1 rings (SSSR count). The first-order chi connectivity index (χ1) is 9.73. The van der Waals surface area contributed by atoms with Gasteiger partial charge in [0.15, 0.2) is 0 Å². The molecule has 0 unspecified atom stereocenters. The molecule has 0 saturated heterocycles. The Kier molecular flexibility index (Phi) is 5.57. The minimum absolute atomic E-state index is 0.130. The average Bonchev–Trinajstić information content (AvgIpc) is 2.32. The topological polar surface area (TPSA) is 83.7 Å². The number of hydrogen-bond acceptors (Lipinski definition) is 4. The van der Waals surface area contributed by atoms with Crippen LogP contribution in [-0.4, -0.2) is 28.6 Å². The predicted octanol–water partition coefficient (Wildman–Crippen LogP) is 2.95. The van der Waals surface area contributed by atoms with Crippen molar-refractivity contribution in [2.45, 2.75) is 32.7 Å². The highest BCUT2D eigenvalue weighted by Gasteiger charge is 2.27. The van der Waals surface area contributed by atoms with Crippen molar-refractivity contribution >= 4 is 17.3 Å². The van der Waals surface area contributed by atoms with E-state index in [1.54, 1.807) is 13.8 Å². The van der Waals surface area contributed by atoms with Gasteiger partial charge in [-0.2, -0.15) is 4.39 Å². The lowest BCUT2D eigenvalue weighted by Gasteiger charge is -2.28. The number of carboxylic acids is 1. The zero-order valence-electron chi connectivity index (χ0n) is 11.7. The number of nitrogens with zero attached hydrogens (tertiary/aromatic N) is 2. The van der Waals surface area contributed by atoms with Crippen molar-refractivity contribution in [2.75, 3.05) is 11.4 Å². The van der Waals surface area contributed by atoms with Crippen LogP contribution in [0.1, 0.15) is 26.7 Å². The standard InChI is InChI=1S/C13H16F2N2O4/c1-8(2)16(5-3-4-12(18)19)11-7-9(14)6-10(15)13(11)17(20)21/h6-8H,3-5H2,1-2H3,(H,18,19). The molecule has 0 fully saturated rings. The van der Waals surface area contributed by atoms with E-state index < -0.39 is 28.2 Å². The molecule has 0 bridgehead atoms. The molecule has 1 N–H and O–H groups in total. The fourth-order valence-corrected chi connectivity index (χ4v) is 2.01. The summed E-state index contributed by atoms with van der Waals surface area (Å²) < 4.78 is 27.0. The highest BCUT2D eigenvalue weighted by Crippen LogP contribution is 2.33. The Labute approximate surface area is 120 Å². The first-order valence-electron chi connectivity index (χ1n) is 6.36. The maximum Gasteiger partial charge on any atom is 0.328 e. The number of benzene rings is 1. The number of hydrogen-bond donors (Lipinski definition) is 1. The van der Waals surface area contributed by atoms with E-state index in [-0.39, 0.29) is 31.1 Å². The number of anilines is 1. The maximum absolute atomic E-state index is 13.6. The van der Waals surface area contributed by atoms with Crippen LogP contribution in [0.15, 0.2) is 12.1 Å². The van der Waals surface area contributed by atoms with Crippen molar-refractivity contribution in [3.05, 3.63) is 33.9 Å². The van der Waals surface area contributed by atoms with Crippen LogP contribution >= 0.6 is 0 Å². The van der Waals surface area contributed by atoms with Crippen molar-refractivity contribution < 1.29 is 23.6 Å². The summed E-state index contributed by atoms with van der Waals surface area (Å²) in [6.45, 7) is 3.55. The van der Waals surface area contributed by atoms with Gasteiger partial charge in [0, 0.05) is 31.1 Å².